The van der Waals surface area contributed by atoms with Crippen molar-refractivity contribution in [2.24, 2.45) is 0 Å². The molecule has 0 bridgehead atoms. The number of pyridine rings is 1. The molecule has 0 aliphatic heterocycles. The summed E-state index contributed by atoms with van der Waals surface area (Å²) in [6.07, 6.45) is 1.38. The molecule has 0 N–H and O–H groups in total. The molecular formula is C12H6ClN3O5. The number of aromatic nitrogens is 1. The summed E-state index contributed by atoms with van der Waals surface area (Å²) in [5.74, 6) is 0. The van der Waals surface area contributed by atoms with E-state index in [9.17, 15) is 25.0 Å². The summed E-state index contributed by atoms with van der Waals surface area (Å²) >= 11 is 5.40. The molecular weight excluding hydrogens is 302 g/mol. The van der Waals surface area contributed by atoms with E-state index in [-0.39, 0.29) is 16.8 Å². The van der Waals surface area contributed by atoms with Crippen LogP contribution in [0.5, 0.6) is 0 Å². The molecule has 1 heterocycles. The van der Waals surface area contributed by atoms with E-state index in [0.29, 0.717) is 0 Å². The lowest BCUT2D eigenvalue weighted by atomic mass is 10.0. The summed E-state index contributed by atoms with van der Waals surface area (Å²) in [6, 6.07) is 6.26. The van der Waals surface area contributed by atoms with Crippen LogP contribution in [0.4, 0.5) is 11.4 Å². The Morgan fingerprint density at radius 1 is 1.14 bits per heavy atom. The summed E-state index contributed by atoms with van der Waals surface area (Å²) < 4.78 is 0. The van der Waals surface area contributed by atoms with Crippen molar-refractivity contribution in [3.8, 4) is 11.3 Å². The van der Waals surface area contributed by atoms with E-state index >= 15 is 0 Å². The highest BCUT2D eigenvalue weighted by atomic mass is 35.5. The number of carbonyl (C=O) groups is 1. The van der Waals surface area contributed by atoms with Gasteiger partial charge in [-0.1, -0.05) is 6.07 Å². The first-order valence-corrected chi connectivity index (χ1v) is 5.87. The maximum atomic E-state index is 11.5. The molecule has 0 saturated carbocycles. The molecule has 2 rings (SSSR count). The normalized spacial score (nSPS) is 10.1. The third kappa shape index (κ3) is 2.84. The van der Waals surface area contributed by atoms with Gasteiger partial charge in [0.15, 0.2) is 0 Å². The molecule has 0 atom stereocenters. The number of nitro benzene ring substituents is 2. The minimum Gasteiger partial charge on any atom is -0.276 e. The largest absolute Gasteiger partial charge is 0.286 e. The fraction of sp³-hybridized carbons (Fsp3) is 0. The molecule has 2 aromatic rings. The molecule has 0 aliphatic rings. The van der Waals surface area contributed by atoms with Crippen LogP contribution >= 0.6 is 11.6 Å². The van der Waals surface area contributed by atoms with Crippen molar-refractivity contribution in [3.05, 3.63) is 62.3 Å². The Morgan fingerprint density at radius 3 is 2.33 bits per heavy atom. The number of nitrogens with zero attached hydrogens (tertiary/aromatic N) is 3. The van der Waals surface area contributed by atoms with Gasteiger partial charge < -0.3 is 0 Å². The quantitative estimate of drug-likeness (QED) is 0.487. The van der Waals surface area contributed by atoms with Gasteiger partial charge in [-0.2, -0.15) is 0 Å². The minimum atomic E-state index is -1.04. The zero-order valence-corrected chi connectivity index (χ0v) is 11.0. The van der Waals surface area contributed by atoms with Crippen molar-refractivity contribution in [2.75, 3.05) is 0 Å². The van der Waals surface area contributed by atoms with Crippen molar-refractivity contribution in [1.29, 1.82) is 0 Å². The standard InChI is InChI=1S/C12H6ClN3O5/c13-12(17)8-5-7(15(18)19)6-10(16(20)21)11(8)9-3-1-2-4-14-9/h1-6H. The van der Waals surface area contributed by atoms with Gasteiger partial charge in [-0.3, -0.25) is 30.0 Å². The first-order chi connectivity index (χ1) is 9.91. The Bertz CT molecular complexity index is 713. The highest BCUT2D eigenvalue weighted by Gasteiger charge is 2.28. The number of benzene rings is 1. The highest BCUT2D eigenvalue weighted by Crippen LogP contribution is 2.36. The van der Waals surface area contributed by atoms with Gasteiger partial charge in [0.05, 0.1) is 32.7 Å². The highest BCUT2D eigenvalue weighted by molar-refractivity contribution is 6.68. The van der Waals surface area contributed by atoms with Crippen LogP contribution in [0.2, 0.25) is 0 Å². The third-order valence-corrected chi connectivity index (χ3v) is 2.85. The van der Waals surface area contributed by atoms with Gasteiger partial charge in [0.2, 0.25) is 0 Å². The van der Waals surface area contributed by atoms with Gasteiger partial charge in [-0.15, -0.1) is 0 Å². The number of hydrogen-bond donors (Lipinski definition) is 0. The van der Waals surface area contributed by atoms with Crippen molar-refractivity contribution in [3.63, 3.8) is 0 Å². The van der Waals surface area contributed by atoms with Crippen LogP contribution in [0, 0.1) is 20.2 Å². The van der Waals surface area contributed by atoms with E-state index in [0.717, 1.165) is 12.1 Å². The van der Waals surface area contributed by atoms with Crippen LogP contribution in [0.1, 0.15) is 10.4 Å². The number of hydrogen-bond acceptors (Lipinski definition) is 6. The second-order valence-electron chi connectivity index (χ2n) is 3.89. The summed E-state index contributed by atoms with van der Waals surface area (Å²) in [5.41, 5.74) is -1.55. The fourth-order valence-electron chi connectivity index (χ4n) is 1.80. The second kappa shape index (κ2) is 5.63. The van der Waals surface area contributed by atoms with Crippen LogP contribution in [0.25, 0.3) is 11.3 Å². The Morgan fingerprint density at radius 2 is 1.86 bits per heavy atom. The second-order valence-corrected chi connectivity index (χ2v) is 4.23. The van der Waals surface area contributed by atoms with Gasteiger partial charge in [-0.05, 0) is 23.7 Å². The first-order valence-electron chi connectivity index (χ1n) is 5.50. The van der Waals surface area contributed by atoms with Crippen LogP contribution in [0.15, 0.2) is 36.5 Å². The maximum absolute atomic E-state index is 11.5. The van der Waals surface area contributed by atoms with Crippen LogP contribution in [0.3, 0.4) is 0 Å². The molecule has 0 radical (unpaired) electrons. The third-order valence-electron chi connectivity index (χ3n) is 2.64. The molecule has 0 fully saturated rings. The zero-order valence-electron chi connectivity index (χ0n) is 10.2. The number of rotatable bonds is 4. The molecule has 1 aromatic carbocycles. The van der Waals surface area contributed by atoms with E-state index in [1.807, 2.05) is 0 Å². The predicted octanol–water partition coefficient (Wildman–Crippen LogP) is 2.94. The van der Waals surface area contributed by atoms with Gasteiger partial charge in [-0.25, -0.2) is 0 Å². The Labute approximate surface area is 122 Å². The SMILES string of the molecule is O=C(Cl)c1cc([N+](=O)[O-])cc([N+](=O)[O-])c1-c1ccccn1. The van der Waals surface area contributed by atoms with E-state index in [4.69, 9.17) is 11.6 Å². The average molecular weight is 308 g/mol. The number of non-ortho nitro benzene ring substituents is 1. The van der Waals surface area contributed by atoms with E-state index in [1.54, 1.807) is 12.1 Å². The zero-order chi connectivity index (χ0) is 15.6. The molecule has 0 amide bonds. The summed E-state index contributed by atoms with van der Waals surface area (Å²) in [5, 5.41) is 20.9. The Hall–Kier alpha value is -2.87. The van der Waals surface area contributed by atoms with E-state index in [2.05, 4.69) is 4.98 Å². The van der Waals surface area contributed by atoms with Gasteiger partial charge in [0, 0.05) is 12.3 Å². The first kappa shape index (κ1) is 14.5. The van der Waals surface area contributed by atoms with Crippen LogP contribution < -0.4 is 0 Å². The molecule has 0 aliphatic carbocycles. The molecule has 8 nitrogen and oxygen atoms in total. The molecule has 21 heavy (non-hydrogen) atoms. The lowest BCUT2D eigenvalue weighted by molar-refractivity contribution is -0.393. The number of halogens is 1. The average Bonchev–Trinajstić information content (AvgIpc) is 2.46. The van der Waals surface area contributed by atoms with Crippen LogP contribution in [-0.4, -0.2) is 20.1 Å². The fourth-order valence-corrected chi connectivity index (χ4v) is 1.95. The predicted molar refractivity (Wildman–Crippen MR) is 73.2 cm³/mol. The smallest absolute Gasteiger partial charge is 0.276 e. The van der Waals surface area contributed by atoms with Gasteiger partial charge >= 0.3 is 0 Å². The maximum Gasteiger partial charge on any atom is 0.286 e. The van der Waals surface area contributed by atoms with Crippen molar-refractivity contribution < 1.29 is 14.6 Å². The monoisotopic (exact) mass is 307 g/mol. The molecule has 0 saturated heterocycles. The molecule has 1 aromatic heterocycles. The lowest BCUT2D eigenvalue weighted by Gasteiger charge is -2.06. The minimum absolute atomic E-state index is 0.128. The summed E-state index contributed by atoms with van der Waals surface area (Å²) in [6.45, 7) is 0. The number of nitro groups is 2. The summed E-state index contributed by atoms with van der Waals surface area (Å²) in [4.78, 5) is 35.7. The molecule has 0 unspecified atom stereocenters. The van der Waals surface area contributed by atoms with Gasteiger partial charge in [0.25, 0.3) is 16.6 Å². The van der Waals surface area contributed by atoms with E-state index in [1.165, 1.54) is 12.3 Å². The topological polar surface area (TPSA) is 116 Å². The Kier molecular flexibility index (Phi) is 3.90. The van der Waals surface area contributed by atoms with Gasteiger partial charge in [0.1, 0.15) is 0 Å². The van der Waals surface area contributed by atoms with E-state index < -0.39 is 26.5 Å². The molecule has 106 valence electrons. The molecule has 0 spiro atoms. The Balaban J connectivity index is 2.86. The van der Waals surface area contributed by atoms with Crippen molar-refractivity contribution in [1.82, 2.24) is 4.98 Å². The van der Waals surface area contributed by atoms with Crippen molar-refractivity contribution in [2.45, 2.75) is 0 Å². The summed E-state index contributed by atoms with van der Waals surface area (Å²) in [7, 11) is 0. The lowest BCUT2D eigenvalue weighted by Crippen LogP contribution is -2.03. The molecule has 9 heteroatoms. The van der Waals surface area contributed by atoms with Crippen molar-refractivity contribution >= 4 is 28.2 Å². The van der Waals surface area contributed by atoms with Crippen LogP contribution in [-0.2, 0) is 0 Å². The number of carbonyl (C=O) groups excluding carboxylic acids is 1.